The van der Waals surface area contributed by atoms with Crippen LogP contribution in [0.5, 0.6) is 0 Å². The van der Waals surface area contributed by atoms with Crippen molar-refractivity contribution in [2.24, 2.45) is 0 Å². The topological polar surface area (TPSA) is 66.5 Å². The van der Waals surface area contributed by atoms with E-state index in [1.54, 1.807) is 6.20 Å². The number of rotatable bonds is 3. The summed E-state index contributed by atoms with van der Waals surface area (Å²) >= 11 is 3.44. The second-order valence-electron chi connectivity index (χ2n) is 4.07. The number of aromatic nitrogens is 4. The zero-order valence-electron chi connectivity index (χ0n) is 10.3. The first kappa shape index (κ1) is 12.1. The third-order valence-electron chi connectivity index (χ3n) is 2.76. The SMILES string of the molecule is CCNc1nc(-c2ccc(Br)cc2)c2cn[nH]c2n1. The summed E-state index contributed by atoms with van der Waals surface area (Å²) in [4.78, 5) is 8.94. The van der Waals surface area contributed by atoms with Gasteiger partial charge in [0.2, 0.25) is 5.95 Å². The molecular formula is C13H12BrN5. The molecule has 0 bridgehead atoms. The third kappa shape index (κ3) is 2.31. The molecule has 0 aliphatic heterocycles. The minimum absolute atomic E-state index is 0.608. The third-order valence-corrected chi connectivity index (χ3v) is 3.29. The number of hydrogen-bond acceptors (Lipinski definition) is 4. The lowest BCUT2D eigenvalue weighted by molar-refractivity contribution is 1.07. The molecule has 6 heteroatoms. The van der Waals surface area contributed by atoms with Crippen molar-refractivity contribution in [1.29, 1.82) is 0 Å². The van der Waals surface area contributed by atoms with Gasteiger partial charge in [0.1, 0.15) is 0 Å². The van der Waals surface area contributed by atoms with Gasteiger partial charge in [0.25, 0.3) is 0 Å². The van der Waals surface area contributed by atoms with Crippen molar-refractivity contribution in [2.75, 3.05) is 11.9 Å². The molecule has 19 heavy (non-hydrogen) atoms. The molecule has 1 aromatic carbocycles. The minimum atomic E-state index is 0.608. The molecule has 0 aliphatic carbocycles. The molecule has 0 amide bonds. The van der Waals surface area contributed by atoms with Gasteiger partial charge in [-0.15, -0.1) is 0 Å². The molecule has 5 nitrogen and oxygen atoms in total. The number of hydrogen-bond donors (Lipinski definition) is 2. The molecule has 0 atom stereocenters. The summed E-state index contributed by atoms with van der Waals surface area (Å²) in [6.07, 6.45) is 1.75. The standard InChI is InChI=1S/C13H12BrN5/c1-2-15-13-17-11(8-3-5-9(14)6-4-8)10-7-16-19-12(10)18-13/h3-7H,2H2,1H3,(H2,15,16,17,18,19). The Balaban J connectivity index is 2.20. The Hall–Kier alpha value is -1.95. The Kier molecular flexibility index (Phi) is 3.16. The normalized spacial score (nSPS) is 10.8. The van der Waals surface area contributed by atoms with Crippen molar-refractivity contribution >= 4 is 32.9 Å². The van der Waals surface area contributed by atoms with E-state index in [0.717, 1.165) is 33.3 Å². The van der Waals surface area contributed by atoms with Crippen LogP contribution >= 0.6 is 15.9 Å². The van der Waals surface area contributed by atoms with Gasteiger partial charge in [0, 0.05) is 16.6 Å². The number of halogens is 1. The summed E-state index contributed by atoms with van der Waals surface area (Å²) in [6, 6.07) is 8.04. The van der Waals surface area contributed by atoms with Gasteiger partial charge in [0.15, 0.2) is 5.65 Å². The zero-order valence-corrected chi connectivity index (χ0v) is 11.9. The molecule has 0 radical (unpaired) electrons. The summed E-state index contributed by atoms with van der Waals surface area (Å²) in [6.45, 7) is 2.79. The van der Waals surface area contributed by atoms with Gasteiger partial charge in [-0.1, -0.05) is 28.1 Å². The van der Waals surface area contributed by atoms with Crippen molar-refractivity contribution in [3.63, 3.8) is 0 Å². The van der Waals surface area contributed by atoms with Crippen molar-refractivity contribution in [1.82, 2.24) is 20.2 Å². The Morgan fingerprint density at radius 1 is 1.21 bits per heavy atom. The van der Waals surface area contributed by atoms with Gasteiger partial charge in [-0.3, -0.25) is 5.10 Å². The fourth-order valence-corrected chi connectivity index (χ4v) is 2.16. The quantitative estimate of drug-likeness (QED) is 0.778. The number of fused-ring (bicyclic) bond motifs is 1. The number of nitrogens with one attached hydrogen (secondary N) is 2. The smallest absolute Gasteiger partial charge is 0.225 e. The molecule has 0 spiro atoms. The van der Waals surface area contributed by atoms with Crippen molar-refractivity contribution in [3.8, 4) is 11.3 Å². The first-order valence-electron chi connectivity index (χ1n) is 5.99. The van der Waals surface area contributed by atoms with Crippen LogP contribution in [-0.4, -0.2) is 26.7 Å². The maximum Gasteiger partial charge on any atom is 0.225 e. The molecule has 0 saturated carbocycles. The lowest BCUT2D eigenvalue weighted by Gasteiger charge is -2.06. The van der Waals surface area contributed by atoms with Gasteiger partial charge in [-0.25, -0.2) is 4.98 Å². The zero-order chi connectivity index (χ0) is 13.2. The number of anilines is 1. The van der Waals surface area contributed by atoms with E-state index in [9.17, 15) is 0 Å². The fraction of sp³-hybridized carbons (Fsp3) is 0.154. The van der Waals surface area contributed by atoms with Crippen LogP contribution in [0.1, 0.15) is 6.92 Å². The van der Waals surface area contributed by atoms with Crippen molar-refractivity contribution < 1.29 is 0 Å². The summed E-state index contributed by atoms with van der Waals surface area (Å²) in [5.41, 5.74) is 2.65. The van der Waals surface area contributed by atoms with Crippen molar-refractivity contribution in [2.45, 2.75) is 6.92 Å². The van der Waals surface area contributed by atoms with E-state index in [0.29, 0.717) is 5.95 Å². The van der Waals surface area contributed by atoms with E-state index in [4.69, 9.17) is 0 Å². The van der Waals surface area contributed by atoms with E-state index in [2.05, 4.69) is 41.4 Å². The highest BCUT2D eigenvalue weighted by atomic mass is 79.9. The van der Waals surface area contributed by atoms with E-state index in [1.807, 2.05) is 31.2 Å². The van der Waals surface area contributed by atoms with Crippen LogP contribution in [0.2, 0.25) is 0 Å². The Bertz CT molecular complexity index is 705. The minimum Gasteiger partial charge on any atom is -0.354 e. The highest BCUT2D eigenvalue weighted by molar-refractivity contribution is 9.10. The number of aromatic amines is 1. The van der Waals surface area contributed by atoms with Crippen molar-refractivity contribution in [3.05, 3.63) is 34.9 Å². The molecule has 96 valence electrons. The molecular weight excluding hydrogens is 306 g/mol. The fourth-order valence-electron chi connectivity index (χ4n) is 1.90. The molecule has 0 unspecified atom stereocenters. The average molecular weight is 318 g/mol. The predicted molar refractivity (Wildman–Crippen MR) is 79.0 cm³/mol. The van der Waals surface area contributed by atoms with Gasteiger partial charge in [-0.2, -0.15) is 10.1 Å². The van der Waals surface area contributed by atoms with Crippen LogP contribution < -0.4 is 5.32 Å². The highest BCUT2D eigenvalue weighted by Crippen LogP contribution is 2.27. The van der Waals surface area contributed by atoms with Crippen LogP contribution in [0, 0.1) is 0 Å². The summed E-state index contributed by atoms with van der Waals surface area (Å²) in [5, 5.41) is 11.0. The van der Waals surface area contributed by atoms with E-state index >= 15 is 0 Å². The summed E-state index contributed by atoms with van der Waals surface area (Å²) < 4.78 is 1.04. The largest absolute Gasteiger partial charge is 0.354 e. The molecule has 0 aliphatic rings. The summed E-state index contributed by atoms with van der Waals surface area (Å²) in [5.74, 6) is 0.608. The van der Waals surface area contributed by atoms with E-state index < -0.39 is 0 Å². The maximum absolute atomic E-state index is 4.57. The molecule has 0 saturated heterocycles. The number of H-pyrrole nitrogens is 1. The molecule has 3 rings (SSSR count). The number of benzene rings is 1. The van der Waals surface area contributed by atoms with Crippen LogP contribution in [0.4, 0.5) is 5.95 Å². The first-order chi connectivity index (χ1) is 9.28. The Morgan fingerprint density at radius 2 is 2.00 bits per heavy atom. The van der Waals surface area contributed by atoms with Gasteiger partial charge < -0.3 is 5.32 Å². The van der Waals surface area contributed by atoms with Crippen LogP contribution in [0.25, 0.3) is 22.3 Å². The van der Waals surface area contributed by atoms with Crippen LogP contribution in [0.3, 0.4) is 0 Å². The lowest BCUT2D eigenvalue weighted by Crippen LogP contribution is -2.03. The van der Waals surface area contributed by atoms with E-state index in [1.165, 1.54) is 0 Å². The average Bonchev–Trinajstić information content (AvgIpc) is 2.87. The number of nitrogens with zero attached hydrogens (tertiary/aromatic N) is 3. The Labute approximate surface area is 118 Å². The van der Waals surface area contributed by atoms with Crippen LogP contribution in [-0.2, 0) is 0 Å². The summed E-state index contributed by atoms with van der Waals surface area (Å²) in [7, 11) is 0. The molecule has 3 aromatic rings. The second kappa shape index (κ2) is 4.97. The highest BCUT2D eigenvalue weighted by Gasteiger charge is 2.10. The van der Waals surface area contributed by atoms with Gasteiger partial charge in [0.05, 0.1) is 17.3 Å². The maximum atomic E-state index is 4.57. The monoisotopic (exact) mass is 317 g/mol. The predicted octanol–water partition coefficient (Wildman–Crippen LogP) is 3.21. The molecule has 2 aromatic heterocycles. The molecule has 0 fully saturated rings. The molecule has 2 N–H and O–H groups in total. The molecule has 2 heterocycles. The van der Waals surface area contributed by atoms with Crippen LogP contribution in [0.15, 0.2) is 34.9 Å². The van der Waals surface area contributed by atoms with Gasteiger partial charge in [-0.05, 0) is 19.1 Å². The lowest BCUT2D eigenvalue weighted by atomic mass is 10.1. The first-order valence-corrected chi connectivity index (χ1v) is 6.78. The second-order valence-corrected chi connectivity index (χ2v) is 4.98. The van der Waals surface area contributed by atoms with E-state index in [-0.39, 0.29) is 0 Å². The van der Waals surface area contributed by atoms with Gasteiger partial charge >= 0.3 is 0 Å². The Morgan fingerprint density at radius 3 is 2.74 bits per heavy atom.